The standard InChI is InChI=1S/C26H33N2S.HI/c1-2-3-4-5-8-19-28-24-9-6-7-10-25(24)29-26(28)16-13-21-11-14-22(15-12-21)23-17-18-27-20-23;/h6-7,9-16,23,27H,2-5,8,17-20H2,1H3;1H/q+1;/p-1/b16-13+;. The Morgan fingerprint density at radius 3 is 2.57 bits per heavy atom. The predicted octanol–water partition coefficient (Wildman–Crippen LogP) is 3.41. The summed E-state index contributed by atoms with van der Waals surface area (Å²) >= 11 is 1.90. The van der Waals surface area contributed by atoms with Gasteiger partial charge in [-0.1, -0.05) is 73.9 Å². The summed E-state index contributed by atoms with van der Waals surface area (Å²) in [6.45, 7) is 5.66. The van der Waals surface area contributed by atoms with Crippen molar-refractivity contribution in [2.75, 3.05) is 13.1 Å². The minimum atomic E-state index is 0. The van der Waals surface area contributed by atoms with Crippen molar-refractivity contribution in [2.24, 2.45) is 0 Å². The first-order valence-electron chi connectivity index (χ1n) is 11.3. The molecule has 1 saturated heterocycles. The molecule has 2 nitrogen and oxygen atoms in total. The van der Waals surface area contributed by atoms with Crippen molar-refractivity contribution >= 4 is 33.7 Å². The third-order valence-corrected chi connectivity index (χ3v) is 7.14. The van der Waals surface area contributed by atoms with E-state index in [0.29, 0.717) is 5.92 Å². The fourth-order valence-corrected chi connectivity index (χ4v) is 5.36. The van der Waals surface area contributed by atoms with Crippen molar-refractivity contribution in [1.82, 2.24) is 5.32 Å². The Morgan fingerprint density at radius 2 is 1.80 bits per heavy atom. The minimum Gasteiger partial charge on any atom is -1.00 e. The van der Waals surface area contributed by atoms with Gasteiger partial charge in [-0.3, -0.25) is 0 Å². The topological polar surface area (TPSA) is 15.9 Å². The summed E-state index contributed by atoms with van der Waals surface area (Å²) in [4.78, 5) is 0. The van der Waals surface area contributed by atoms with E-state index in [0.717, 1.165) is 19.6 Å². The van der Waals surface area contributed by atoms with Crippen molar-refractivity contribution in [3.63, 3.8) is 0 Å². The van der Waals surface area contributed by atoms with Crippen LogP contribution in [-0.2, 0) is 6.54 Å². The van der Waals surface area contributed by atoms with Crippen LogP contribution in [0.2, 0.25) is 0 Å². The lowest BCUT2D eigenvalue weighted by molar-refractivity contribution is -0.669. The number of thiazole rings is 1. The summed E-state index contributed by atoms with van der Waals surface area (Å²) < 4.78 is 3.89. The van der Waals surface area contributed by atoms with Crippen LogP contribution in [-0.4, -0.2) is 13.1 Å². The average Bonchev–Trinajstić information content (AvgIpc) is 3.41. The zero-order valence-electron chi connectivity index (χ0n) is 17.9. The molecule has 1 aromatic heterocycles. The van der Waals surface area contributed by atoms with E-state index in [9.17, 15) is 0 Å². The first kappa shape index (κ1) is 23.4. The number of benzene rings is 2. The maximum Gasteiger partial charge on any atom is 0.262 e. The summed E-state index contributed by atoms with van der Waals surface area (Å²) in [7, 11) is 0. The van der Waals surface area contributed by atoms with Gasteiger partial charge in [-0.15, -0.1) is 0 Å². The van der Waals surface area contributed by atoms with Crippen molar-refractivity contribution in [1.29, 1.82) is 0 Å². The molecule has 1 aliphatic heterocycles. The van der Waals surface area contributed by atoms with Gasteiger partial charge in [0.1, 0.15) is 4.70 Å². The molecule has 4 rings (SSSR count). The monoisotopic (exact) mass is 532 g/mol. The lowest BCUT2D eigenvalue weighted by Gasteiger charge is -2.08. The molecular weight excluding hydrogens is 499 g/mol. The number of halogens is 1. The fraction of sp³-hybridized carbons (Fsp3) is 0.423. The summed E-state index contributed by atoms with van der Waals surface area (Å²) in [5, 5.41) is 4.82. The Bertz CT molecular complexity index is 939. The number of fused-ring (bicyclic) bond motifs is 1. The molecular formula is C26H33IN2S. The Morgan fingerprint density at radius 1 is 1.00 bits per heavy atom. The normalized spacial score (nSPS) is 16.4. The van der Waals surface area contributed by atoms with Gasteiger partial charge >= 0.3 is 0 Å². The van der Waals surface area contributed by atoms with Crippen LogP contribution in [0.1, 0.15) is 67.5 Å². The summed E-state index contributed by atoms with van der Waals surface area (Å²) in [5.41, 5.74) is 4.12. The Balaban J connectivity index is 0.00000256. The molecule has 3 aromatic rings. The molecule has 160 valence electrons. The predicted molar refractivity (Wildman–Crippen MR) is 126 cm³/mol. The van der Waals surface area contributed by atoms with Crippen LogP contribution in [0.3, 0.4) is 0 Å². The van der Waals surface area contributed by atoms with Gasteiger partial charge in [-0.05, 0) is 48.6 Å². The highest BCUT2D eigenvalue weighted by molar-refractivity contribution is 7.18. The van der Waals surface area contributed by atoms with E-state index in [1.807, 2.05) is 11.3 Å². The van der Waals surface area contributed by atoms with Crippen LogP contribution in [0.5, 0.6) is 0 Å². The second kappa shape index (κ2) is 12.0. The van der Waals surface area contributed by atoms with E-state index in [2.05, 4.69) is 77.5 Å². The molecule has 0 saturated carbocycles. The highest BCUT2D eigenvalue weighted by Gasteiger charge is 2.18. The molecule has 1 unspecified atom stereocenters. The van der Waals surface area contributed by atoms with Crippen LogP contribution in [0.15, 0.2) is 48.5 Å². The lowest BCUT2D eigenvalue weighted by Crippen LogP contribution is -3.00. The van der Waals surface area contributed by atoms with Gasteiger partial charge in [0.25, 0.3) is 5.01 Å². The molecule has 0 amide bonds. The van der Waals surface area contributed by atoms with Crippen molar-refractivity contribution in [2.45, 2.75) is 57.9 Å². The molecule has 0 radical (unpaired) electrons. The molecule has 1 N–H and O–H groups in total. The number of nitrogens with zero attached hydrogens (tertiary/aromatic N) is 1. The first-order valence-corrected chi connectivity index (χ1v) is 12.1. The molecule has 2 aromatic carbocycles. The number of hydrogen-bond donors (Lipinski definition) is 1. The van der Waals surface area contributed by atoms with Gasteiger partial charge in [-0.25, -0.2) is 0 Å². The van der Waals surface area contributed by atoms with Crippen molar-refractivity contribution in [3.8, 4) is 0 Å². The second-order valence-electron chi connectivity index (χ2n) is 8.16. The van der Waals surface area contributed by atoms with Crippen LogP contribution in [0.25, 0.3) is 22.4 Å². The van der Waals surface area contributed by atoms with E-state index < -0.39 is 0 Å². The second-order valence-corrected chi connectivity index (χ2v) is 9.23. The van der Waals surface area contributed by atoms with Gasteiger partial charge in [0.05, 0.1) is 0 Å². The number of nitrogens with one attached hydrogen (secondary N) is 1. The highest BCUT2D eigenvalue weighted by atomic mass is 127. The third-order valence-electron chi connectivity index (χ3n) is 6.01. The number of aryl methyl sites for hydroxylation is 1. The van der Waals surface area contributed by atoms with Gasteiger partial charge in [0.2, 0.25) is 5.52 Å². The van der Waals surface area contributed by atoms with Crippen LogP contribution >= 0.6 is 11.3 Å². The number of rotatable bonds is 9. The van der Waals surface area contributed by atoms with Crippen molar-refractivity contribution in [3.05, 3.63) is 64.7 Å². The van der Waals surface area contributed by atoms with Gasteiger partial charge in [0, 0.05) is 25.1 Å². The molecule has 1 fully saturated rings. The van der Waals surface area contributed by atoms with Gasteiger partial charge in [-0.2, -0.15) is 4.57 Å². The molecule has 30 heavy (non-hydrogen) atoms. The van der Waals surface area contributed by atoms with E-state index in [-0.39, 0.29) is 24.0 Å². The third kappa shape index (κ3) is 5.92. The summed E-state index contributed by atoms with van der Waals surface area (Å²) in [6.07, 6.45) is 12.4. The molecule has 4 heteroatoms. The Kier molecular flexibility index (Phi) is 9.34. The van der Waals surface area contributed by atoms with Gasteiger partial charge in [0.15, 0.2) is 6.54 Å². The van der Waals surface area contributed by atoms with Gasteiger partial charge < -0.3 is 29.3 Å². The highest BCUT2D eigenvalue weighted by Crippen LogP contribution is 2.24. The van der Waals surface area contributed by atoms with E-state index in [1.165, 1.54) is 64.9 Å². The maximum atomic E-state index is 3.46. The summed E-state index contributed by atoms with van der Waals surface area (Å²) in [6, 6.07) is 18.0. The van der Waals surface area contributed by atoms with Crippen molar-refractivity contribution < 1.29 is 28.5 Å². The first-order chi connectivity index (χ1) is 14.3. The number of hydrogen-bond acceptors (Lipinski definition) is 2. The fourth-order valence-electron chi connectivity index (χ4n) is 4.27. The maximum absolute atomic E-state index is 3.46. The SMILES string of the molecule is CCCCCCC[n+]1c(/C=C/c2ccc(C3CCNC3)cc2)sc2ccccc21.[I-]. The number of unbranched alkanes of at least 4 members (excludes halogenated alkanes) is 4. The van der Waals surface area contributed by atoms with E-state index >= 15 is 0 Å². The average molecular weight is 533 g/mol. The molecule has 0 spiro atoms. The molecule has 0 bridgehead atoms. The zero-order chi connectivity index (χ0) is 19.9. The largest absolute Gasteiger partial charge is 1.00 e. The van der Waals surface area contributed by atoms with E-state index in [1.54, 1.807) is 0 Å². The quantitative estimate of drug-likeness (QED) is 0.254. The molecule has 2 heterocycles. The molecule has 0 aliphatic carbocycles. The zero-order valence-corrected chi connectivity index (χ0v) is 20.9. The number of aromatic nitrogens is 1. The lowest BCUT2D eigenvalue weighted by atomic mass is 9.97. The van der Waals surface area contributed by atoms with Crippen LogP contribution in [0, 0.1) is 0 Å². The summed E-state index contributed by atoms with van der Waals surface area (Å²) in [5.74, 6) is 0.686. The Hall–Kier alpha value is -1.24. The molecule has 1 aliphatic rings. The Labute approximate surface area is 202 Å². The van der Waals surface area contributed by atoms with Crippen LogP contribution < -0.4 is 33.9 Å². The van der Waals surface area contributed by atoms with E-state index in [4.69, 9.17) is 0 Å². The smallest absolute Gasteiger partial charge is 0.262 e. The van der Waals surface area contributed by atoms with Crippen LogP contribution in [0.4, 0.5) is 0 Å². The number of para-hydroxylation sites is 1. The molecule has 1 atom stereocenters. The minimum absolute atomic E-state index is 0.